The lowest BCUT2D eigenvalue weighted by atomic mass is 9.82. The Morgan fingerprint density at radius 1 is 0.636 bits per heavy atom. The minimum absolute atomic E-state index is 0.0396. The van der Waals surface area contributed by atoms with Crippen LogP contribution in [0.4, 0.5) is 11.4 Å². The number of hydrogen-bond acceptors (Lipinski definition) is 2. The van der Waals surface area contributed by atoms with Gasteiger partial charge >= 0.3 is 0 Å². The molecule has 0 atom stereocenters. The van der Waals surface area contributed by atoms with Crippen molar-refractivity contribution in [1.29, 1.82) is 0 Å². The average molecular weight is 442 g/mol. The first kappa shape index (κ1) is 18.9. The summed E-state index contributed by atoms with van der Waals surface area (Å²) in [5.74, 6) is 0. The molecule has 0 fully saturated rings. The predicted octanol–water partition coefficient (Wildman–Crippen LogP) is 9.26. The van der Waals surface area contributed by atoms with E-state index in [9.17, 15) is 0 Å². The molecule has 1 heterocycles. The zero-order valence-corrected chi connectivity index (χ0v) is 19.5. The Kier molecular flexibility index (Phi) is 3.83. The van der Waals surface area contributed by atoms with Crippen molar-refractivity contribution in [2.75, 3.05) is 5.32 Å². The molecule has 0 unspecified atom stereocenters. The number of fused-ring (bicyclic) bond motifs is 7. The second kappa shape index (κ2) is 6.69. The molecule has 0 saturated carbocycles. The molecule has 0 bridgehead atoms. The zero-order chi connectivity index (χ0) is 22.2. The van der Waals surface area contributed by atoms with Crippen molar-refractivity contribution in [2.24, 2.45) is 0 Å². The maximum absolute atomic E-state index is 3.75. The summed E-state index contributed by atoms with van der Waals surface area (Å²) < 4.78 is 2.65. The standard InChI is InChI=1S/C31H23NS/c1-31(2)26-12-6-5-10-22(26)24-18-21(14-15-27(24)31)32-28-13-7-11-23-25-16-19-8-3-4-9-20(19)17-29(25)33-30(23)28/h3-18,32H,1-2H3. The average Bonchev–Trinajstić information content (AvgIpc) is 3.31. The lowest BCUT2D eigenvalue weighted by Crippen LogP contribution is -2.14. The highest BCUT2D eigenvalue weighted by molar-refractivity contribution is 7.26. The van der Waals surface area contributed by atoms with Crippen LogP contribution < -0.4 is 5.32 Å². The fourth-order valence-electron chi connectivity index (χ4n) is 5.54. The molecule has 7 rings (SSSR count). The van der Waals surface area contributed by atoms with Gasteiger partial charge in [-0.25, -0.2) is 0 Å². The Balaban J connectivity index is 1.36. The number of nitrogens with one attached hydrogen (secondary N) is 1. The largest absolute Gasteiger partial charge is 0.354 e. The first-order valence-corrected chi connectivity index (χ1v) is 12.3. The van der Waals surface area contributed by atoms with Crippen LogP contribution in [0.3, 0.4) is 0 Å². The molecule has 1 N–H and O–H groups in total. The molecular weight excluding hydrogens is 418 g/mol. The van der Waals surface area contributed by atoms with Crippen molar-refractivity contribution >= 4 is 53.7 Å². The molecule has 0 spiro atoms. The predicted molar refractivity (Wildman–Crippen MR) is 144 cm³/mol. The molecule has 1 nitrogen and oxygen atoms in total. The lowest BCUT2D eigenvalue weighted by Gasteiger charge is -2.21. The Morgan fingerprint density at radius 3 is 2.27 bits per heavy atom. The quantitative estimate of drug-likeness (QED) is 0.282. The fraction of sp³-hybridized carbons (Fsp3) is 0.0968. The van der Waals surface area contributed by atoms with Crippen molar-refractivity contribution < 1.29 is 0 Å². The highest BCUT2D eigenvalue weighted by atomic mass is 32.1. The summed E-state index contributed by atoms with van der Waals surface area (Å²) in [5.41, 5.74) is 7.86. The monoisotopic (exact) mass is 441 g/mol. The third kappa shape index (κ3) is 2.71. The second-order valence-electron chi connectivity index (χ2n) is 9.54. The van der Waals surface area contributed by atoms with Gasteiger partial charge in [0.2, 0.25) is 0 Å². The van der Waals surface area contributed by atoms with Crippen LogP contribution in [0.5, 0.6) is 0 Å². The van der Waals surface area contributed by atoms with E-state index in [2.05, 4.69) is 116 Å². The topological polar surface area (TPSA) is 12.0 Å². The number of thiophene rings is 1. The first-order chi connectivity index (χ1) is 16.1. The van der Waals surface area contributed by atoms with Gasteiger partial charge in [-0.2, -0.15) is 0 Å². The molecule has 6 aromatic rings. The normalized spacial score (nSPS) is 14.0. The van der Waals surface area contributed by atoms with Crippen LogP contribution in [0.25, 0.3) is 42.1 Å². The molecule has 1 aromatic heterocycles. The molecule has 0 aliphatic heterocycles. The van der Waals surface area contributed by atoms with Crippen LogP contribution in [0.2, 0.25) is 0 Å². The van der Waals surface area contributed by atoms with Gasteiger partial charge in [0, 0.05) is 26.6 Å². The number of benzene rings is 5. The number of rotatable bonds is 2. The second-order valence-corrected chi connectivity index (χ2v) is 10.6. The fourth-order valence-corrected chi connectivity index (χ4v) is 6.74. The number of hydrogen-bond donors (Lipinski definition) is 1. The summed E-state index contributed by atoms with van der Waals surface area (Å²) in [6, 6.07) is 35.6. The van der Waals surface area contributed by atoms with E-state index in [1.54, 1.807) is 0 Å². The first-order valence-electron chi connectivity index (χ1n) is 11.4. The van der Waals surface area contributed by atoms with E-state index < -0.39 is 0 Å². The molecule has 0 amide bonds. The van der Waals surface area contributed by atoms with E-state index in [1.807, 2.05) is 11.3 Å². The van der Waals surface area contributed by atoms with Gasteiger partial charge in [-0.3, -0.25) is 0 Å². The number of anilines is 2. The summed E-state index contributed by atoms with van der Waals surface area (Å²) in [7, 11) is 0. The SMILES string of the molecule is CC1(C)c2ccccc2-c2cc(Nc3cccc4c3sc3cc5ccccc5cc34)ccc21. The summed E-state index contributed by atoms with van der Waals surface area (Å²) in [4.78, 5) is 0. The van der Waals surface area contributed by atoms with E-state index in [-0.39, 0.29) is 5.41 Å². The van der Waals surface area contributed by atoms with Crippen molar-refractivity contribution in [3.8, 4) is 11.1 Å². The van der Waals surface area contributed by atoms with Crippen molar-refractivity contribution in [3.63, 3.8) is 0 Å². The Labute approximate surface area is 197 Å². The van der Waals surface area contributed by atoms with Crippen LogP contribution >= 0.6 is 11.3 Å². The van der Waals surface area contributed by atoms with Crippen LogP contribution in [-0.2, 0) is 5.41 Å². The van der Waals surface area contributed by atoms with Gasteiger partial charge in [0.25, 0.3) is 0 Å². The van der Waals surface area contributed by atoms with Crippen LogP contribution in [0, 0.1) is 0 Å². The van der Waals surface area contributed by atoms with E-state index in [4.69, 9.17) is 0 Å². The maximum atomic E-state index is 3.75. The van der Waals surface area contributed by atoms with Crippen LogP contribution in [-0.4, -0.2) is 0 Å². The van der Waals surface area contributed by atoms with E-state index >= 15 is 0 Å². The summed E-state index contributed by atoms with van der Waals surface area (Å²) >= 11 is 1.87. The summed E-state index contributed by atoms with van der Waals surface area (Å²) in [6.07, 6.45) is 0. The molecular formula is C31H23NS. The highest BCUT2D eigenvalue weighted by Crippen LogP contribution is 2.49. The molecule has 1 aliphatic carbocycles. The van der Waals surface area contributed by atoms with Crippen LogP contribution in [0.1, 0.15) is 25.0 Å². The molecule has 0 saturated heterocycles. The molecule has 2 heteroatoms. The molecule has 33 heavy (non-hydrogen) atoms. The van der Waals surface area contributed by atoms with Gasteiger partial charge in [0.05, 0.1) is 10.4 Å². The van der Waals surface area contributed by atoms with E-state index in [0.717, 1.165) is 5.69 Å². The lowest BCUT2D eigenvalue weighted by molar-refractivity contribution is 0.660. The van der Waals surface area contributed by atoms with Crippen molar-refractivity contribution in [1.82, 2.24) is 0 Å². The van der Waals surface area contributed by atoms with E-state index in [0.29, 0.717) is 0 Å². The van der Waals surface area contributed by atoms with Gasteiger partial charge in [-0.15, -0.1) is 11.3 Å². The third-order valence-corrected chi connectivity index (χ3v) is 8.43. The third-order valence-electron chi connectivity index (χ3n) is 7.23. The Hall–Kier alpha value is -3.62. The highest BCUT2D eigenvalue weighted by Gasteiger charge is 2.35. The van der Waals surface area contributed by atoms with Crippen LogP contribution in [0.15, 0.2) is 97.1 Å². The minimum Gasteiger partial charge on any atom is -0.354 e. The van der Waals surface area contributed by atoms with Gasteiger partial charge in [0.1, 0.15) is 0 Å². The Morgan fingerprint density at radius 2 is 1.39 bits per heavy atom. The smallest absolute Gasteiger partial charge is 0.0590 e. The molecule has 1 aliphatic rings. The molecule has 158 valence electrons. The zero-order valence-electron chi connectivity index (χ0n) is 18.6. The molecule has 0 radical (unpaired) electrons. The molecule has 5 aromatic carbocycles. The summed E-state index contributed by atoms with van der Waals surface area (Å²) in [5, 5.41) is 8.99. The van der Waals surface area contributed by atoms with Gasteiger partial charge in [0.15, 0.2) is 0 Å². The van der Waals surface area contributed by atoms with E-state index in [1.165, 1.54) is 58.9 Å². The van der Waals surface area contributed by atoms with Crippen molar-refractivity contribution in [2.45, 2.75) is 19.3 Å². The van der Waals surface area contributed by atoms with Gasteiger partial charge < -0.3 is 5.32 Å². The minimum atomic E-state index is 0.0396. The summed E-state index contributed by atoms with van der Waals surface area (Å²) in [6.45, 7) is 4.65. The Bertz CT molecular complexity index is 1720. The maximum Gasteiger partial charge on any atom is 0.0590 e. The van der Waals surface area contributed by atoms with Gasteiger partial charge in [-0.05, 0) is 63.4 Å². The van der Waals surface area contributed by atoms with Crippen molar-refractivity contribution in [3.05, 3.63) is 108 Å². The van der Waals surface area contributed by atoms with Gasteiger partial charge in [-0.1, -0.05) is 80.6 Å².